The van der Waals surface area contributed by atoms with Gasteiger partial charge in [0, 0.05) is 25.1 Å². The van der Waals surface area contributed by atoms with E-state index in [1.165, 1.54) is 25.3 Å². The number of nitrogens with one attached hydrogen (secondary N) is 1. The number of sulfone groups is 1. The molecule has 0 saturated heterocycles. The van der Waals surface area contributed by atoms with Gasteiger partial charge in [-0.25, -0.2) is 18.2 Å². The Labute approximate surface area is 120 Å². The topological polar surface area (TPSA) is 113 Å². The summed E-state index contributed by atoms with van der Waals surface area (Å²) < 4.78 is 23.1. The van der Waals surface area contributed by atoms with Crippen LogP contribution in [0.2, 0.25) is 0 Å². The van der Waals surface area contributed by atoms with Crippen molar-refractivity contribution in [1.29, 1.82) is 0 Å². The minimum atomic E-state index is -3.44. The molecule has 0 bridgehead atoms. The number of amides is 1. The van der Waals surface area contributed by atoms with E-state index >= 15 is 0 Å². The maximum absolute atomic E-state index is 11.6. The maximum Gasteiger partial charge on any atom is 0.327 e. The van der Waals surface area contributed by atoms with Crippen molar-refractivity contribution in [3.8, 4) is 0 Å². The predicted molar refractivity (Wildman–Crippen MR) is 73.3 cm³/mol. The molecular formula is C11H14N2O5S2. The average molecular weight is 318 g/mol. The van der Waals surface area contributed by atoms with E-state index in [-0.39, 0.29) is 15.7 Å². The van der Waals surface area contributed by atoms with Crippen molar-refractivity contribution in [3.63, 3.8) is 0 Å². The fourth-order valence-electron chi connectivity index (χ4n) is 1.35. The minimum Gasteiger partial charge on any atom is -0.480 e. The molecule has 0 spiro atoms. The van der Waals surface area contributed by atoms with Crippen molar-refractivity contribution in [1.82, 2.24) is 10.3 Å². The summed E-state index contributed by atoms with van der Waals surface area (Å²) >= 11 is 0.967. The highest BCUT2D eigenvalue weighted by Gasteiger charge is 2.21. The molecule has 1 aromatic rings. The van der Waals surface area contributed by atoms with E-state index in [1.807, 2.05) is 0 Å². The third-order valence-electron chi connectivity index (χ3n) is 2.20. The van der Waals surface area contributed by atoms with Crippen LogP contribution >= 0.6 is 11.8 Å². The van der Waals surface area contributed by atoms with Crippen molar-refractivity contribution < 1.29 is 23.1 Å². The van der Waals surface area contributed by atoms with Crippen molar-refractivity contribution in [2.75, 3.05) is 12.0 Å². The lowest BCUT2D eigenvalue weighted by Crippen LogP contribution is -2.41. The molecular weight excluding hydrogens is 304 g/mol. The van der Waals surface area contributed by atoms with Crippen LogP contribution in [-0.2, 0) is 19.4 Å². The molecule has 0 aliphatic heterocycles. The first-order valence-electron chi connectivity index (χ1n) is 5.49. The summed E-state index contributed by atoms with van der Waals surface area (Å²) in [6.45, 7) is 1.21. The zero-order chi connectivity index (χ0) is 15.3. The third-order valence-corrected chi connectivity index (χ3v) is 4.55. The Hall–Kier alpha value is -1.61. The summed E-state index contributed by atoms with van der Waals surface area (Å²) in [5.74, 6) is -1.68. The molecule has 1 atom stereocenters. The second-order valence-corrected chi connectivity index (χ2v) is 6.97. The molecule has 0 aliphatic carbocycles. The lowest BCUT2D eigenvalue weighted by atomic mass is 10.3. The number of hydrogen-bond acceptors (Lipinski definition) is 6. The number of hydrogen-bond donors (Lipinski definition) is 2. The molecule has 1 rings (SSSR count). The van der Waals surface area contributed by atoms with Crippen LogP contribution in [0.5, 0.6) is 0 Å². The van der Waals surface area contributed by atoms with Crippen molar-refractivity contribution >= 4 is 33.5 Å². The number of carboxylic acids is 1. The molecule has 7 nitrogen and oxygen atoms in total. The molecule has 0 aromatic carbocycles. The monoisotopic (exact) mass is 318 g/mol. The number of aromatic nitrogens is 1. The van der Waals surface area contributed by atoms with Crippen LogP contribution in [0.4, 0.5) is 0 Å². The molecule has 20 heavy (non-hydrogen) atoms. The van der Waals surface area contributed by atoms with E-state index < -0.39 is 27.8 Å². The van der Waals surface area contributed by atoms with Crippen LogP contribution < -0.4 is 5.32 Å². The number of pyridine rings is 1. The summed E-state index contributed by atoms with van der Waals surface area (Å²) in [6, 6.07) is 1.79. The number of carbonyl (C=O) groups is 2. The Morgan fingerprint density at radius 1 is 1.50 bits per heavy atom. The van der Waals surface area contributed by atoms with Gasteiger partial charge < -0.3 is 10.4 Å². The lowest BCUT2D eigenvalue weighted by Gasteiger charge is -2.13. The first-order chi connectivity index (χ1) is 9.21. The average Bonchev–Trinajstić information content (AvgIpc) is 2.33. The van der Waals surface area contributed by atoms with Crippen molar-refractivity contribution in [3.05, 3.63) is 18.3 Å². The van der Waals surface area contributed by atoms with Gasteiger partial charge in [0.25, 0.3) is 0 Å². The Kier molecular flexibility index (Phi) is 5.52. The van der Waals surface area contributed by atoms with Crippen LogP contribution in [-0.4, -0.2) is 48.4 Å². The SMILES string of the molecule is CC(=O)N[C@@H](CSc1ncccc1S(C)(=O)=O)C(=O)O. The smallest absolute Gasteiger partial charge is 0.327 e. The van der Waals surface area contributed by atoms with Gasteiger partial charge in [-0.2, -0.15) is 0 Å². The van der Waals surface area contributed by atoms with Crippen LogP contribution in [0, 0.1) is 0 Å². The van der Waals surface area contributed by atoms with E-state index in [0.29, 0.717) is 0 Å². The van der Waals surface area contributed by atoms with Gasteiger partial charge in [0.15, 0.2) is 9.84 Å². The summed E-state index contributed by atoms with van der Waals surface area (Å²) in [6.07, 6.45) is 2.47. The molecule has 2 N–H and O–H groups in total. The van der Waals surface area contributed by atoms with Gasteiger partial charge >= 0.3 is 5.97 Å². The third kappa shape index (κ3) is 4.82. The predicted octanol–water partition coefficient (Wildman–Crippen LogP) is 0.167. The van der Waals surface area contributed by atoms with Gasteiger partial charge in [-0.3, -0.25) is 4.79 Å². The lowest BCUT2D eigenvalue weighted by molar-refractivity contribution is -0.140. The first-order valence-corrected chi connectivity index (χ1v) is 8.37. The highest BCUT2D eigenvalue weighted by atomic mass is 32.2. The number of carboxylic acid groups (broad SMARTS) is 1. The van der Waals surface area contributed by atoms with Crippen molar-refractivity contribution in [2.24, 2.45) is 0 Å². The molecule has 0 aliphatic rings. The molecule has 1 aromatic heterocycles. The van der Waals surface area contributed by atoms with Crippen molar-refractivity contribution in [2.45, 2.75) is 22.9 Å². The molecule has 9 heteroatoms. The Morgan fingerprint density at radius 2 is 2.15 bits per heavy atom. The number of thioether (sulfide) groups is 1. The van der Waals surface area contributed by atoms with Gasteiger partial charge in [0.05, 0.1) is 4.90 Å². The zero-order valence-corrected chi connectivity index (χ0v) is 12.5. The first kappa shape index (κ1) is 16.4. The second-order valence-electron chi connectivity index (χ2n) is 3.98. The zero-order valence-electron chi connectivity index (χ0n) is 10.9. The van der Waals surface area contributed by atoms with Crippen LogP contribution in [0.3, 0.4) is 0 Å². The molecule has 1 heterocycles. The van der Waals surface area contributed by atoms with Crippen LogP contribution in [0.15, 0.2) is 28.3 Å². The van der Waals surface area contributed by atoms with Gasteiger partial charge in [-0.15, -0.1) is 11.8 Å². The summed E-state index contributed by atoms with van der Waals surface area (Å²) in [4.78, 5) is 25.8. The summed E-state index contributed by atoms with van der Waals surface area (Å²) in [7, 11) is -3.44. The molecule has 0 fully saturated rings. The molecule has 0 saturated carbocycles. The quantitative estimate of drug-likeness (QED) is 0.718. The highest BCUT2D eigenvalue weighted by molar-refractivity contribution is 8.00. The standard InChI is InChI=1S/C11H14N2O5S2/c1-7(14)13-8(11(15)16)6-19-10-9(20(2,17)18)4-3-5-12-10/h3-5,8H,6H2,1-2H3,(H,13,14)(H,15,16)/t8-/m0/s1. The molecule has 0 radical (unpaired) electrons. The fraction of sp³-hybridized carbons (Fsp3) is 0.364. The number of nitrogens with zero attached hydrogens (tertiary/aromatic N) is 1. The van der Waals surface area contributed by atoms with E-state index in [9.17, 15) is 18.0 Å². The second kappa shape index (κ2) is 6.71. The van der Waals surface area contributed by atoms with Gasteiger partial charge in [-0.1, -0.05) is 0 Å². The maximum atomic E-state index is 11.6. The molecule has 0 unspecified atom stereocenters. The number of aliphatic carboxylic acids is 1. The number of rotatable bonds is 6. The molecule has 110 valence electrons. The highest BCUT2D eigenvalue weighted by Crippen LogP contribution is 2.24. The summed E-state index contributed by atoms with van der Waals surface area (Å²) in [5, 5.41) is 11.4. The molecule has 1 amide bonds. The van der Waals surface area contributed by atoms with Gasteiger partial charge in [0.2, 0.25) is 5.91 Å². The Balaban J connectivity index is 2.89. The fourth-order valence-corrected chi connectivity index (χ4v) is 3.57. The van der Waals surface area contributed by atoms with Gasteiger partial charge in [0.1, 0.15) is 11.1 Å². The Morgan fingerprint density at radius 3 is 2.65 bits per heavy atom. The van der Waals surface area contributed by atoms with Crippen LogP contribution in [0.25, 0.3) is 0 Å². The number of carbonyl (C=O) groups excluding carboxylic acids is 1. The van der Waals surface area contributed by atoms with E-state index in [2.05, 4.69) is 10.3 Å². The summed E-state index contributed by atoms with van der Waals surface area (Å²) in [5.41, 5.74) is 0. The van der Waals surface area contributed by atoms with Crippen LogP contribution in [0.1, 0.15) is 6.92 Å². The minimum absolute atomic E-state index is 0.0194. The largest absolute Gasteiger partial charge is 0.480 e. The Bertz CT molecular complexity index is 615. The normalized spacial score (nSPS) is 12.7. The van der Waals surface area contributed by atoms with E-state index in [4.69, 9.17) is 5.11 Å². The van der Waals surface area contributed by atoms with E-state index in [1.54, 1.807) is 0 Å². The van der Waals surface area contributed by atoms with Gasteiger partial charge in [-0.05, 0) is 12.1 Å². The van der Waals surface area contributed by atoms with E-state index in [0.717, 1.165) is 18.0 Å².